The van der Waals surface area contributed by atoms with Crippen molar-refractivity contribution >= 4 is 27.7 Å². The molecule has 0 saturated carbocycles. The number of hydrazine groups is 1. The van der Waals surface area contributed by atoms with Gasteiger partial charge in [-0.25, -0.2) is 0 Å². The van der Waals surface area contributed by atoms with Gasteiger partial charge >= 0.3 is 0 Å². The minimum atomic E-state index is -0.407. The van der Waals surface area contributed by atoms with E-state index in [1.54, 1.807) is 23.9 Å². The van der Waals surface area contributed by atoms with Crippen LogP contribution in [0.1, 0.15) is 22.8 Å². The molecule has 0 saturated heterocycles. The van der Waals surface area contributed by atoms with Crippen LogP contribution < -0.4 is 10.9 Å². The lowest BCUT2D eigenvalue weighted by atomic mass is 10.2. The SMILES string of the molecule is Cn1cc(Br)cc1C(=O)NNC(=O)CCc1nc(-c2ccccc2)no1. The summed E-state index contributed by atoms with van der Waals surface area (Å²) in [5.41, 5.74) is 6.00. The second kappa shape index (κ2) is 7.96. The molecule has 8 nitrogen and oxygen atoms in total. The second-order valence-corrected chi connectivity index (χ2v) is 6.45. The monoisotopic (exact) mass is 417 g/mol. The van der Waals surface area contributed by atoms with Gasteiger partial charge in [0.1, 0.15) is 5.69 Å². The Hall–Kier alpha value is -2.94. The first-order valence-corrected chi connectivity index (χ1v) is 8.61. The number of aryl methyl sites for hydroxylation is 2. The molecule has 0 fully saturated rings. The van der Waals surface area contributed by atoms with Crippen molar-refractivity contribution in [3.63, 3.8) is 0 Å². The first kappa shape index (κ1) is 17.9. The summed E-state index contributed by atoms with van der Waals surface area (Å²) >= 11 is 3.29. The summed E-state index contributed by atoms with van der Waals surface area (Å²) in [5.74, 6) is 0.0714. The molecular weight excluding hydrogens is 402 g/mol. The highest BCUT2D eigenvalue weighted by Gasteiger charge is 2.13. The van der Waals surface area contributed by atoms with Gasteiger partial charge in [0, 0.05) is 36.1 Å². The van der Waals surface area contributed by atoms with Gasteiger partial charge in [0.15, 0.2) is 0 Å². The number of nitrogens with one attached hydrogen (secondary N) is 2. The fourth-order valence-electron chi connectivity index (χ4n) is 2.28. The first-order chi connectivity index (χ1) is 12.5. The van der Waals surface area contributed by atoms with E-state index in [2.05, 4.69) is 36.9 Å². The molecule has 26 heavy (non-hydrogen) atoms. The zero-order chi connectivity index (χ0) is 18.5. The van der Waals surface area contributed by atoms with Gasteiger partial charge < -0.3 is 9.09 Å². The van der Waals surface area contributed by atoms with Crippen molar-refractivity contribution in [2.45, 2.75) is 12.8 Å². The summed E-state index contributed by atoms with van der Waals surface area (Å²) in [6, 6.07) is 11.1. The molecule has 2 N–H and O–H groups in total. The molecule has 0 atom stereocenters. The highest BCUT2D eigenvalue weighted by molar-refractivity contribution is 9.10. The summed E-state index contributed by atoms with van der Waals surface area (Å²) in [4.78, 5) is 28.2. The van der Waals surface area contributed by atoms with Crippen molar-refractivity contribution < 1.29 is 14.1 Å². The van der Waals surface area contributed by atoms with E-state index in [1.807, 2.05) is 30.3 Å². The molecule has 0 aliphatic heterocycles. The summed E-state index contributed by atoms with van der Waals surface area (Å²) < 4.78 is 7.57. The van der Waals surface area contributed by atoms with Crippen LogP contribution in [0.5, 0.6) is 0 Å². The quantitative estimate of drug-likeness (QED) is 0.619. The molecule has 0 spiro atoms. The molecule has 2 amide bonds. The Morgan fingerprint density at radius 3 is 2.69 bits per heavy atom. The average molecular weight is 418 g/mol. The molecule has 2 heterocycles. The standard InChI is InChI=1S/C17H16BrN5O3/c1-23-10-12(18)9-13(23)17(25)21-20-14(24)7-8-15-19-16(22-26-15)11-5-3-2-4-6-11/h2-6,9-10H,7-8H2,1H3,(H,20,24)(H,21,25). The van der Waals surface area contributed by atoms with Crippen LogP contribution in [0.4, 0.5) is 0 Å². The van der Waals surface area contributed by atoms with Gasteiger partial charge in [-0.2, -0.15) is 4.98 Å². The number of carbonyl (C=O) groups is 2. The van der Waals surface area contributed by atoms with Crippen LogP contribution in [0.2, 0.25) is 0 Å². The number of benzene rings is 1. The molecule has 1 aromatic carbocycles. The average Bonchev–Trinajstić information content (AvgIpc) is 3.25. The molecule has 3 rings (SSSR count). The van der Waals surface area contributed by atoms with Gasteiger partial charge in [-0.3, -0.25) is 20.4 Å². The Balaban J connectivity index is 1.48. The maximum atomic E-state index is 12.0. The van der Waals surface area contributed by atoms with Gasteiger partial charge in [0.25, 0.3) is 5.91 Å². The molecular formula is C17H16BrN5O3. The predicted octanol–water partition coefficient (Wildman–Crippen LogP) is 2.23. The largest absolute Gasteiger partial charge is 0.345 e. The molecule has 2 aromatic heterocycles. The third-order valence-electron chi connectivity index (χ3n) is 3.59. The van der Waals surface area contributed by atoms with Crippen LogP contribution in [-0.4, -0.2) is 26.5 Å². The smallest absolute Gasteiger partial charge is 0.286 e. The minimum absolute atomic E-state index is 0.105. The molecule has 0 radical (unpaired) electrons. The number of hydrogen-bond donors (Lipinski definition) is 2. The van der Waals surface area contributed by atoms with E-state index < -0.39 is 5.91 Å². The summed E-state index contributed by atoms with van der Waals surface area (Å²) in [5, 5.41) is 3.90. The van der Waals surface area contributed by atoms with E-state index in [0.29, 0.717) is 17.4 Å². The summed E-state index contributed by atoms with van der Waals surface area (Å²) in [7, 11) is 1.74. The van der Waals surface area contributed by atoms with E-state index in [4.69, 9.17) is 4.52 Å². The highest BCUT2D eigenvalue weighted by atomic mass is 79.9. The Bertz CT molecular complexity index is 920. The van der Waals surface area contributed by atoms with Gasteiger partial charge in [0.2, 0.25) is 17.6 Å². The van der Waals surface area contributed by atoms with E-state index >= 15 is 0 Å². The molecule has 134 valence electrons. The predicted molar refractivity (Wildman–Crippen MR) is 96.8 cm³/mol. The van der Waals surface area contributed by atoms with Crippen LogP contribution in [0.3, 0.4) is 0 Å². The fraction of sp³-hybridized carbons (Fsp3) is 0.176. The third kappa shape index (κ3) is 4.37. The Morgan fingerprint density at radius 1 is 1.23 bits per heavy atom. The molecule has 0 aliphatic carbocycles. The Kier molecular flexibility index (Phi) is 5.47. The van der Waals surface area contributed by atoms with Gasteiger partial charge in [0.05, 0.1) is 0 Å². The van der Waals surface area contributed by atoms with Crippen molar-refractivity contribution in [3.05, 3.63) is 58.7 Å². The lowest BCUT2D eigenvalue weighted by Gasteiger charge is -2.07. The molecule has 0 unspecified atom stereocenters. The van der Waals surface area contributed by atoms with E-state index in [0.717, 1.165) is 10.0 Å². The van der Waals surface area contributed by atoms with Gasteiger partial charge in [-0.15, -0.1) is 0 Å². The molecule has 9 heteroatoms. The summed E-state index contributed by atoms with van der Waals surface area (Å²) in [6.45, 7) is 0. The maximum Gasteiger partial charge on any atom is 0.286 e. The maximum absolute atomic E-state index is 12.0. The van der Waals surface area contributed by atoms with E-state index in [-0.39, 0.29) is 18.7 Å². The minimum Gasteiger partial charge on any atom is -0.345 e. The Labute approximate surface area is 157 Å². The van der Waals surface area contributed by atoms with Crippen LogP contribution in [0.15, 0.2) is 51.6 Å². The number of hydrogen-bond acceptors (Lipinski definition) is 5. The van der Waals surface area contributed by atoms with E-state index in [9.17, 15) is 9.59 Å². The van der Waals surface area contributed by atoms with Gasteiger partial charge in [-0.1, -0.05) is 35.5 Å². The van der Waals surface area contributed by atoms with Crippen molar-refractivity contribution in [1.82, 2.24) is 25.6 Å². The third-order valence-corrected chi connectivity index (χ3v) is 4.02. The number of amides is 2. The number of halogens is 1. The van der Waals surface area contributed by atoms with Crippen LogP contribution >= 0.6 is 15.9 Å². The number of nitrogens with zero attached hydrogens (tertiary/aromatic N) is 3. The van der Waals surface area contributed by atoms with Crippen LogP contribution in [0, 0.1) is 0 Å². The zero-order valence-corrected chi connectivity index (χ0v) is 15.5. The van der Waals surface area contributed by atoms with Crippen molar-refractivity contribution in [1.29, 1.82) is 0 Å². The zero-order valence-electron chi connectivity index (χ0n) is 13.9. The lowest BCUT2D eigenvalue weighted by Crippen LogP contribution is -2.42. The number of aromatic nitrogens is 3. The number of carbonyl (C=O) groups excluding carboxylic acids is 2. The topological polar surface area (TPSA) is 102 Å². The van der Waals surface area contributed by atoms with Gasteiger partial charge in [-0.05, 0) is 22.0 Å². The second-order valence-electron chi connectivity index (χ2n) is 5.53. The molecule has 0 aliphatic rings. The Morgan fingerprint density at radius 2 is 2.00 bits per heavy atom. The number of rotatable bonds is 5. The molecule has 3 aromatic rings. The van der Waals surface area contributed by atoms with Crippen LogP contribution in [0.25, 0.3) is 11.4 Å². The first-order valence-electron chi connectivity index (χ1n) is 7.82. The van der Waals surface area contributed by atoms with Crippen molar-refractivity contribution in [2.75, 3.05) is 0 Å². The van der Waals surface area contributed by atoms with Crippen molar-refractivity contribution in [2.24, 2.45) is 7.05 Å². The van der Waals surface area contributed by atoms with Crippen LogP contribution in [-0.2, 0) is 18.3 Å². The van der Waals surface area contributed by atoms with E-state index in [1.165, 1.54) is 0 Å². The van der Waals surface area contributed by atoms with Crippen molar-refractivity contribution in [3.8, 4) is 11.4 Å². The summed E-state index contributed by atoms with van der Waals surface area (Å²) in [6.07, 6.45) is 2.13. The fourth-order valence-corrected chi connectivity index (χ4v) is 2.81. The molecule has 0 bridgehead atoms. The normalized spacial score (nSPS) is 10.5. The highest BCUT2D eigenvalue weighted by Crippen LogP contribution is 2.15. The lowest BCUT2D eigenvalue weighted by molar-refractivity contribution is -0.121.